The molecule has 0 saturated heterocycles. The first kappa shape index (κ1) is 33.4. The number of para-hydroxylation sites is 2. The first-order valence-electron chi connectivity index (χ1n) is 12.8. The highest BCUT2D eigenvalue weighted by atomic mass is 16.5. The van der Waals surface area contributed by atoms with Gasteiger partial charge in [-0.25, -0.2) is 9.59 Å². The summed E-state index contributed by atoms with van der Waals surface area (Å²) in [4.78, 5) is 54.2. The molecule has 0 fully saturated rings. The Morgan fingerprint density at radius 2 is 1.19 bits per heavy atom. The molecule has 0 heterocycles. The Morgan fingerprint density at radius 1 is 0.651 bits per heavy atom. The zero-order chi connectivity index (χ0) is 31.8. The smallest absolute Gasteiger partial charge is 0.341 e. The van der Waals surface area contributed by atoms with Crippen LogP contribution in [0.5, 0.6) is 11.5 Å². The zero-order valence-electron chi connectivity index (χ0n) is 23.4. The molecule has 4 rings (SSSR count). The van der Waals surface area contributed by atoms with Crippen LogP contribution in [0.25, 0.3) is 11.1 Å². The van der Waals surface area contributed by atoms with Gasteiger partial charge < -0.3 is 24.8 Å². The Labute approximate surface area is 247 Å². The highest BCUT2D eigenvalue weighted by Crippen LogP contribution is 2.20. The third kappa shape index (κ3) is 11.3. The van der Waals surface area contributed by atoms with Crippen molar-refractivity contribution in [2.45, 2.75) is 19.8 Å². The van der Waals surface area contributed by atoms with Crippen LogP contribution in [0.2, 0.25) is 0 Å². The molecule has 0 amide bonds. The summed E-state index contributed by atoms with van der Waals surface area (Å²) in [6, 6.07) is 29.3. The second kappa shape index (κ2) is 17.1. The number of esters is 2. The molecular weight excluding hydrogens is 556 g/mol. The standard InChI is InChI=1S/C16H14O3.C9H8O4.C8H8O3/c17-15(10-11-16(18)19)14-8-6-13(7-9-14)12-4-2-1-3-5-12;1-6(10)13-8-5-3-2-4-7(8)9(11)12;1-11-8(10)6-4-2-3-5-7(6)9/h1-9H,10-11H2,(H,18,19);2-5H,1H3,(H,11,12);2-5,9H,1H3. The van der Waals surface area contributed by atoms with Crippen LogP contribution >= 0.6 is 0 Å². The molecule has 0 radical (unpaired) electrons. The van der Waals surface area contributed by atoms with Crippen molar-refractivity contribution < 1.29 is 48.8 Å². The van der Waals surface area contributed by atoms with E-state index < -0.39 is 23.9 Å². The summed E-state index contributed by atoms with van der Waals surface area (Å²) in [6.45, 7) is 1.22. The number of aromatic carboxylic acids is 1. The van der Waals surface area contributed by atoms with E-state index >= 15 is 0 Å². The van der Waals surface area contributed by atoms with Crippen molar-refractivity contribution in [2.24, 2.45) is 0 Å². The number of ketones is 1. The molecule has 4 aromatic carbocycles. The monoisotopic (exact) mass is 586 g/mol. The Hall–Kier alpha value is -5.77. The van der Waals surface area contributed by atoms with Crippen LogP contribution in [0.3, 0.4) is 0 Å². The van der Waals surface area contributed by atoms with Gasteiger partial charge >= 0.3 is 23.9 Å². The van der Waals surface area contributed by atoms with Crippen LogP contribution in [0, 0.1) is 0 Å². The number of aliphatic carboxylic acids is 1. The molecule has 0 aromatic heterocycles. The Kier molecular flexibility index (Phi) is 13.3. The van der Waals surface area contributed by atoms with Crippen molar-refractivity contribution in [2.75, 3.05) is 7.11 Å². The quantitative estimate of drug-likeness (QED) is 0.129. The van der Waals surface area contributed by atoms with E-state index in [0.717, 1.165) is 11.1 Å². The van der Waals surface area contributed by atoms with E-state index in [1.54, 1.807) is 36.4 Å². The topological polar surface area (TPSA) is 164 Å². The Bertz CT molecular complexity index is 1540. The number of carbonyl (C=O) groups is 5. The molecule has 10 nitrogen and oxygen atoms in total. The summed E-state index contributed by atoms with van der Waals surface area (Å²) < 4.78 is 9.11. The molecule has 0 saturated carbocycles. The van der Waals surface area contributed by atoms with E-state index in [0.29, 0.717) is 5.56 Å². The number of phenols is 1. The average Bonchev–Trinajstić information content (AvgIpc) is 3.01. The Balaban J connectivity index is 0.000000236. The molecule has 0 aliphatic rings. The predicted molar refractivity (Wildman–Crippen MR) is 157 cm³/mol. The van der Waals surface area contributed by atoms with E-state index in [-0.39, 0.29) is 41.3 Å². The number of rotatable bonds is 8. The van der Waals surface area contributed by atoms with E-state index in [1.807, 2.05) is 42.5 Å². The number of Topliss-reactive ketones (excluding diaryl/α,β-unsaturated/α-hetero) is 1. The van der Waals surface area contributed by atoms with Gasteiger partial charge in [0.2, 0.25) is 0 Å². The van der Waals surface area contributed by atoms with Crippen LogP contribution in [-0.4, -0.2) is 52.1 Å². The van der Waals surface area contributed by atoms with E-state index in [2.05, 4.69) is 9.47 Å². The predicted octanol–water partition coefficient (Wildman–Crippen LogP) is 5.89. The number of methoxy groups -OCH3 is 1. The number of hydrogen-bond donors (Lipinski definition) is 3. The van der Waals surface area contributed by atoms with E-state index in [9.17, 15) is 24.0 Å². The Morgan fingerprint density at radius 3 is 1.72 bits per heavy atom. The number of carbonyl (C=O) groups excluding carboxylic acids is 3. The van der Waals surface area contributed by atoms with Crippen molar-refractivity contribution in [3.8, 4) is 22.6 Å². The molecule has 4 aromatic rings. The number of hydrogen-bond acceptors (Lipinski definition) is 8. The lowest BCUT2D eigenvalue weighted by molar-refractivity contribution is -0.137. The SMILES string of the molecule is CC(=O)Oc1ccccc1C(=O)O.COC(=O)c1ccccc1O.O=C(O)CCC(=O)c1ccc(-c2ccccc2)cc1. The van der Waals surface area contributed by atoms with Gasteiger partial charge in [-0.3, -0.25) is 14.4 Å². The number of carboxylic acids is 2. The van der Waals surface area contributed by atoms with Gasteiger partial charge in [0.15, 0.2) is 5.78 Å². The normalized spacial score (nSPS) is 9.63. The second-order valence-corrected chi connectivity index (χ2v) is 8.66. The third-order valence-corrected chi connectivity index (χ3v) is 5.56. The lowest BCUT2D eigenvalue weighted by Crippen LogP contribution is -2.06. The summed E-state index contributed by atoms with van der Waals surface area (Å²) in [6.07, 6.45) is -0.0840. The first-order valence-corrected chi connectivity index (χ1v) is 12.8. The van der Waals surface area contributed by atoms with Gasteiger partial charge in [-0.15, -0.1) is 0 Å². The van der Waals surface area contributed by atoms with Gasteiger partial charge in [0.25, 0.3) is 0 Å². The molecule has 0 unspecified atom stereocenters. The maximum atomic E-state index is 11.7. The maximum Gasteiger partial charge on any atom is 0.341 e. The number of ether oxygens (including phenoxy) is 2. The zero-order valence-corrected chi connectivity index (χ0v) is 23.4. The van der Waals surface area contributed by atoms with Crippen molar-refractivity contribution in [3.63, 3.8) is 0 Å². The van der Waals surface area contributed by atoms with Crippen molar-refractivity contribution in [1.29, 1.82) is 0 Å². The van der Waals surface area contributed by atoms with E-state index in [1.165, 1.54) is 38.3 Å². The van der Waals surface area contributed by atoms with E-state index in [4.69, 9.17) is 15.3 Å². The molecule has 0 atom stereocenters. The molecule has 0 spiro atoms. The minimum absolute atomic E-state index is 0.0160. The van der Waals surface area contributed by atoms with Gasteiger partial charge in [-0.05, 0) is 35.4 Å². The van der Waals surface area contributed by atoms with Crippen molar-refractivity contribution >= 4 is 29.7 Å². The van der Waals surface area contributed by atoms with Crippen LogP contribution in [0.4, 0.5) is 0 Å². The third-order valence-electron chi connectivity index (χ3n) is 5.56. The van der Waals surface area contributed by atoms with Gasteiger partial charge in [-0.1, -0.05) is 78.9 Å². The van der Waals surface area contributed by atoms with Crippen LogP contribution < -0.4 is 4.74 Å². The highest BCUT2D eigenvalue weighted by Gasteiger charge is 2.11. The molecule has 0 bridgehead atoms. The maximum absolute atomic E-state index is 11.7. The largest absolute Gasteiger partial charge is 0.507 e. The summed E-state index contributed by atoms with van der Waals surface area (Å²) in [5, 5.41) is 26.3. The van der Waals surface area contributed by atoms with Gasteiger partial charge in [0.1, 0.15) is 22.6 Å². The van der Waals surface area contributed by atoms with Crippen molar-refractivity contribution in [1.82, 2.24) is 0 Å². The number of benzene rings is 4. The molecule has 3 N–H and O–H groups in total. The molecule has 10 heteroatoms. The summed E-state index contributed by atoms with van der Waals surface area (Å²) in [7, 11) is 1.27. The minimum Gasteiger partial charge on any atom is -0.507 e. The molecular formula is C33H30O10. The highest BCUT2D eigenvalue weighted by molar-refractivity contribution is 5.97. The molecule has 0 aliphatic carbocycles. The summed E-state index contributed by atoms with van der Waals surface area (Å²) in [5.74, 6) is -3.24. The fourth-order valence-electron chi connectivity index (χ4n) is 3.49. The summed E-state index contributed by atoms with van der Waals surface area (Å²) in [5.41, 5.74) is 2.86. The lowest BCUT2D eigenvalue weighted by atomic mass is 10.0. The fraction of sp³-hybridized carbons (Fsp3) is 0.121. The van der Waals surface area contributed by atoms with Crippen molar-refractivity contribution in [3.05, 3.63) is 120 Å². The van der Waals surface area contributed by atoms with Gasteiger partial charge in [-0.2, -0.15) is 0 Å². The molecule has 222 valence electrons. The number of aromatic hydroxyl groups is 1. The lowest BCUT2D eigenvalue weighted by Gasteiger charge is -2.03. The number of phenolic OH excluding ortho intramolecular Hbond substituents is 1. The number of carboxylic acid groups (broad SMARTS) is 2. The van der Waals surface area contributed by atoms with Gasteiger partial charge in [0.05, 0.1) is 13.5 Å². The van der Waals surface area contributed by atoms with Crippen LogP contribution in [-0.2, 0) is 14.3 Å². The molecule has 43 heavy (non-hydrogen) atoms. The van der Waals surface area contributed by atoms with Gasteiger partial charge in [0, 0.05) is 18.9 Å². The van der Waals surface area contributed by atoms with Crippen LogP contribution in [0.15, 0.2) is 103 Å². The average molecular weight is 587 g/mol. The van der Waals surface area contributed by atoms with Crippen LogP contribution in [0.1, 0.15) is 50.8 Å². The fourth-order valence-corrected chi connectivity index (χ4v) is 3.49. The second-order valence-electron chi connectivity index (χ2n) is 8.66. The summed E-state index contributed by atoms with van der Waals surface area (Å²) >= 11 is 0. The minimum atomic E-state index is -1.11. The molecule has 0 aliphatic heterocycles. The first-order chi connectivity index (χ1) is 20.5.